The van der Waals surface area contributed by atoms with E-state index in [1.807, 2.05) is 19.1 Å². The van der Waals surface area contributed by atoms with Gasteiger partial charge in [0.15, 0.2) is 0 Å². The highest BCUT2D eigenvalue weighted by molar-refractivity contribution is 7.89. The molecule has 0 unspecified atom stereocenters. The summed E-state index contributed by atoms with van der Waals surface area (Å²) in [5.74, 6) is 0.500. The Morgan fingerprint density at radius 3 is 2.24 bits per heavy atom. The van der Waals surface area contributed by atoms with Crippen LogP contribution >= 0.6 is 0 Å². The average molecular weight is 255 g/mol. The Balaban J connectivity index is 2.68. The standard InChI is InChI=1S/C13H21NO2S/c1-4-12-5-7-13(8-6-12)17(15,16)14-10-9-11(2)3/h5-8,11,14H,4,9-10H2,1-3H3. The van der Waals surface area contributed by atoms with E-state index in [1.165, 1.54) is 0 Å². The molecule has 0 radical (unpaired) electrons. The normalized spacial score (nSPS) is 12.0. The lowest BCUT2D eigenvalue weighted by Gasteiger charge is -2.08. The van der Waals surface area contributed by atoms with E-state index in [0.717, 1.165) is 18.4 Å². The first-order valence-corrected chi connectivity index (χ1v) is 7.52. The molecule has 1 N–H and O–H groups in total. The van der Waals surface area contributed by atoms with Crippen LogP contribution in [-0.4, -0.2) is 15.0 Å². The molecule has 0 heterocycles. The van der Waals surface area contributed by atoms with Gasteiger partial charge in [0.1, 0.15) is 0 Å². The largest absolute Gasteiger partial charge is 0.240 e. The lowest BCUT2D eigenvalue weighted by atomic mass is 10.1. The zero-order chi connectivity index (χ0) is 12.9. The second kappa shape index (κ2) is 6.17. The van der Waals surface area contributed by atoms with Gasteiger partial charge in [-0.2, -0.15) is 0 Å². The van der Waals surface area contributed by atoms with Gasteiger partial charge in [-0.3, -0.25) is 0 Å². The summed E-state index contributed by atoms with van der Waals surface area (Å²) >= 11 is 0. The molecule has 0 bridgehead atoms. The van der Waals surface area contributed by atoms with Crippen LogP contribution in [0.25, 0.3) is 0 Å². The monoisotopic (exact) mass is 255 g/mol. The summed E-state index contributed by atoms with van der Waals surface area (Å²) in [6.45, 7) is 6.69. The van der Waals surface area contributed by atoms with Crippen LogP contribution in [0.5, 0.6) is 0 Å². The molecule has 0 aliphatic heterocycles. The molecule has 1 rings (SSSR count). The molecule has 1 aromatic carbocycles. The molecule has 0 amide bonds. The summed E-state index contributed by atoms with van der Waals surface area (Å²) in [5, 5.41) is 0. The SMILES string of the molecule is CCc1ccc(S(=O)(=O)NCCC(C)C)cc1. The summed E-state index contributed by atoms with van der Waals surface area (Å²) in [4.78, 5) is 0.346. The van der Waals surface area contributed by atoms with Crippen LogP contribution in [0.3, 0.4) is 0 Å². The van der Waals surface area contributed by atoms with Crippen LogP contribution in [0.2, 0.25) is 0 Å². The highest BCUT2D eigenvalue weighted by Gasteiger charge is 2.12. The molecule has 4 heteroatoms. The second-order valence-corrected chi connectivity index (χ2v) is 6.34. The van der Waals surface area contributed by atoms with Gasteiger partial charge >= 0.3 is 0 Å². The minimum Gasteiger partial charge on any atom is -0.211 e. The molecule has 3 nitrogen and oxygen atoms in total. The molecule has 0 spiro atoms. The smallest absolute Gasteiger partial charge is 0.211 e. The Morgan fingerprint density at radius 1 is 1.18 bits per heavy atom. The fraction of sp³-hybridized carbons (Fsp3) is 0.538. The second-order valence-electron chi connectivity index (χ2n) is 4.58. The highest BCUT2D eigenvalue weighted by atomic mass is 32.2. The van der Waals surface area contributed by atoms with Gasteiger partial charge in [-0.15, -0.1) is 0 Å². The van der Waals surface area contributed by atoms with Crippen LogP contribution < -0.4 is 4.72 Å². The number of sulfonamides is 1. The Labute approximate surface area is 104 Å². The summed E-state index contributed by atoms with van der Waals surface area (Å²) in [7, 11) is -3.33. The molecule has 0 aromatic heterocycles. The first-order chi connectivity index (χ1) is 7.95. The average Bonchev–Trinajstić information content (AvgIpc) is 2.28. The topological polar surface area (TPSA) is 46.2 Å². The van der Waals surface area contributed by atoms with Crippen molar-refractivity contribution >= 4 is 10.0 Å². The van der Waals surface area contributed by atoms with Crippen molar-refractivity contribution in [3.05, 3.63) is 29.8 Å². The number of aryl methyl sites for hydroxylation is 1. The van der Waals surface area contributed by atoms with Crippen LogP contribution in [-0.2, 0) is 16.4 Å². The Kier molecular flexibility index (Phi) is 5.15. The van der Waals surface area contributed by atoms with Crippen LogP contribution in [0.15, 0.2) is 29.2 Å². The molecule has 0 fully saturated rings. The summed E-state index contributed by atoms with van der Waals surface area (Å²) in [5.41, 5.74) is 1.14. The van der Waals surface area contributed by atoms with Gasteiger partial charge in [0, 0.05) is 6.54 Å². The van der Waals surface area contributed by atoms with Gasteiger partial charge in [-0.25, -0.2) is 13.1 Å². The van der Waals surface area contributed by atoms with E-state index in [-0.39, 0.29) is 0 Å². The predicted molar refractivity (Wildman–Crippen MR) is 70.5 cm³/mol. The highest BCUT2D eigenvalue weighted by Crippen LogP contribution is 2.11. The molecular weight excluding hydrogens is 234 g/mol. The number of hydrogen-bond acceptors (Lipinski definition) is 2. The Bertz CT molecular complexity index is 435. The van der Waals surface area contributed by atoms with Crippen LogP contribution in [0, 0.1) is 5.92 Å². The molecule has 0 saturated heterocycles. The molecule has 96 valence electrons. The van der Waals surface area contributed by atoms with Crippen molar-refractivity contribution in [2.75, 3.05) is 6.54 Å². The molecule has 0 saturated carbocycles. The van der Waals surface area contributed by atoms with Crippen LogP contribution in [0.1, 0.15) is 32.8 Å². The first-order valence-electron chi connectivity index (χ1n) is 6.04. The quantitative estimate of drug-likeness (QED) is 0.849. The third-order valence-electron chi connectivity index (χ3n) is 2.66. The maximum Gasteiger partial charge on any atom is 0.240 e. The van der Waals surface area contributed by atoms with Crippen molar-refractivity contribution in [2.45, 2.75) is 38.5 Å². The third-order valence-corrected chi connectivity index (χ3v) is 4.13. The fourth-order valence-corrected chi connectivity index (χ4v) is 2.52. The number of hydrogen-bond donors (Lipinski definition) is 1. The molecule has 0 aliphatic carbocycles. The first kappa shape index (κ1) is 14.2. The van der Waals surface area contributed by atoms with Gasteiger partial charge < -0.3 is 0 Å². The Morgan fingerprint density at radius 2 is 1.76 bits per heavy atom. The van der Waals surface area contributed by atoms with Gasteiger partial charge in [0.05, 0.1) is 4.90 Å². The van der Waals surface area contributed by atoms with Crippen molar-refractivity contribution in [3.63, 3.8) is 0 Å². The Hall–Kier alpha value is -0.870. The van der Waals surface area contributed by atoms with Crippen molar-refractivity contribution in [2.24, 2.45) is 5.92 Å². The van der Waals surface area contributed by atoms with E-state index in [0.29, 0.717) is 17.4 Å². The fourth-order valence-electron chi connectivity index (χ4n) is 1.47. The van der Waals surface area contributed by atoms with Gasteiger partial charge in [-0.05, 0) is 36.5 Å². The summed E-state index contributed by atoms with van der Waals surface area (Å²) < 4.78 is 26.4. The summed E-state index contributed by atoms with van der Waals surface area (Å²) in [6.07, 6.45) is 1.77. The predicted octanol–water partition coefficient (Wildman–Crippen LogP) is 2.57. The van der Waals surface area contributed by atoms with Crippen molar-refractivity contribution in [1.82, 2.24) is 4.72 Å². The zero-order valence-corrected chi connectivity index (χ0v) is 11.5. The number of nitrogens with one attached hydrogen (secondary N) is 1. The van der Waals surface area contributed by atoms with Gasteiger partial charge in [0.25, 0.3) is 0 Å². The molecule has 1 aromatic rings. The van der Waals surface area contributed by atoms with Crippen molar-refractivity contribution < 1.29 is 8.42 Å². The van der Waals surface area contributed by atoms with Gasteiger partial charge in [-0.1, -0.05) is 32.9 Å². The molecular formula is C13H21NO2S. The van der Waals surface area contributed by atoms with Crippen LogP contribution in [0.4, 0.5) is 0 Å². The molecule has 0 atom stereocenters. The summed E-state index contributed by atoms with van der Waals surface area (Å²) in [6, 6.07) is 7.04. The minimum absolute atomic E-state index is 0.346. The van der Waals surface area contributed by atoms with E-state index in [2.05, 4.69) is 18.6 Å². The van der Waals surface area contributed by atoms with Gasteiger partial charge in [0.2, 0.25) is 10.0 Å². The maximum atomic E-state index is 11.9. The molecule has 0 aliphatic rings. The molecule has 17 heavy (non-hydrogen) atoms. The number of benzene rings is 1. The van der Waals surface area contributed by atoms with E-state index in [4.69, 9.17) is 0 Å². The van der Waals surface area contributed by atoms with Crippen molar-refractivity contribution in [3.8, 4) is 0 Å². The zero-order valence-electron chi connectivity index (χ0n) is 10.7. The van der Waals surface area contributed by atoms with E-state index >= 15 is 0 Å². The van der Waals surface area contributed by atoms with E-state index < -0.39 is 10.0 Å². The third kappa shape index (κ3) is 4.48. The maximum absolute atomic E-state index is 11.9. The number of rotatable bonds is 6. The lowest BCUT2D eigenvalue weighted by Crippen LogP contribution is -2.25. The minimum atomic E-state index is -3.33. The van der Waals surface area contributed by atoms with E-state index in [9.17, 15) is 8.42 Å². The van der Waals surface area contributed by atoms with Crippen molar-refractivity contribution in [1.29, 1.82) is 0 Å². The van der Waals surface area contributed by atoms with E-state index in [1.54, 1.807) is 12.1 Å². The lowest BCUT2D eigenvalue weighted by molar-refractivity contribution is 0.551.